The number of ether oxygens (including phenoxy) is 1. The minimum Gasteiger partial charge on any atom is -0.489 e. The molecular formula is C21H26N4O3. The lowest BCUT2D eigenvalue weighted by Crippen LogP contribution is -2.24. The van der Waals surface area contributed by atoms with Crippen molar-refractivity contribution in [3.05, 3.63) is 59.9 Å². The lowest BCUT2D eigenvalue weighted by molar-refractivity contribution is 0.0949. The summed E-state index contributed by atoms with van der Waals surface area (Å²) in [6.07, 6.45) is 3.85. The Morgan fingerprint density at radius 1 is 1.21 bits per heavy atom. The van der Waals surface area contributed by atoms with Crippen LogP contribution >= 0.6 is 0 Å². The fourth-order valence-corrected chi connectivity index (χ4v) is 2.43. The number of nitrogens with zero attached hydrogens (tertiary/aromatic N) is 1. The number of fused-ring (bicyclic) bond motifs is 1. The highest BCUT2D eigenvalue weighted by Gasteiger charge is 2.12. The number of nitrogens with two attached hydrogens (primary N) is 2. The monoisotopic (exact) mass is 382 g/mol. The highest BCUT2D eigenvalue weighted by Crippen LogP contribution is 2.24. The van der Waals surface area contributed by atoms with Crippen molar-refractivity contribution < 1.29 is 13.9 Å². The summed E-state index contributed by atoms with van der Waals surface area (Å²) in [5, 5.41) is 3.69. The summed E-state index contributed by atoms with van der Waals surface area (Å²) < 4.78 is 11.4. The van der Waals surface area contributed by atoms with Crippen LogP contribution in [0, 0.1) is 0 Å². The van der Waals surface area contributed by atoms with E-state index in [2.05, 4.69) is 10.3 Å². The van der Waals surface area contributed by atoms with Gasteiger partial charge < -0.3 is 25.9 Å². The topological polar surface area (TPSA) is 116 Å². The van der Waals surface area contributed by atoms with Gasteiger partial charge in [0.15, 0.2) is 0 Å². The van der Waals surface area contributed by atoms with Crippen LogP contribution in [0.15, 0.2) is 53.0 Å². The third-order valence-corrected chi connectivity index (χ3v) is 3.74. The largest absolute Gasteiger partial charge is 0.489 e. The minimum atomic E-state index is -0.342. The zero-order valence-corrected chi connectivity index (χ0v) is 16.4. The van der Waals surface area contributed by atoms with Gasteiger partial charge in [0, 0.05) is 11.5 Å². The van der Waals surface area contributed by atoms with Gasteiger partial charge in [0.2, 0.25) is 0 Å². The number of pyridine rings is 1. The molecule has 3 rings (SSSR count). The Hall–Kier alpha value is -3.48. The Morgan fingerprint density at radius 2 is 2.00 bits per heavy atom. The van der Waals surface area contributed by atoms with E-state index in [4.69, 9.17) is 20.6 Å². The van der Waals surface area contributed by atoms with E-state index in [0.717, 1.165) is 11.1 Å². The highest BCUT2D eigenvalue weighted by atomic mass is 16.5. The average Bonchev–Trinajstić information content (AvgIpc) is 3.10. The smallest absolute Gasteiger partial charge is 0.255 e. The predicted molar refractivity (Wildman–Crippen MR) is 112 cm³/mol. The first-order valence-corrected chi connectivity index (χ1v) is 9.13. The molecule has 0 aliphatic carbocycles. The maximum atomic E-state index is 12.2. The lowest BCUT2D eigenvalue weighted by atomic mass is 10.2. The number of carbonyl (C=O) groups is 1. The quantitative estimate of drug-likeness (QED) is 0.557. The van der Waals surface area contributed by atoms with Crippen molar-refractivity contribution in [2.75, 3.05) is 18.1 Å². The molecule has 0 saturated carbocycles. The molecule has 0 aliphatic rings. The van der Waals surface area contributed by atoms with E-state index in [1.165, 1.54) is 6.07 Å². The summed E-state index contributed by atoms with van der Waals surface area (Å²) in [5.74, 6) is 1.37. The Morgan fingerprint density at radius 3 is 2.71 bits per heavy atom. The van der Waals surface area contributed by atoms with Crippen LogP contribution < -0.4 is 21.5 Å². The normalized spacial score (nSPS) is 10.5. The van der Waals surface area contributed by atoms with Crippen molar-refractivity contribution in [2.45, 2.75) is 27.3 Å². The maximum Gasteiger partial charge on any atom is 0.255 e. The first kappa shape index (κ1) is 20.8. The predicted octanol–water partition coefficient (Wildman–Crippen LogP) is 3.90. The molecule has 7 nitrogen and oxygen atoms in total. The number of anilines is 2. The van der Waals surface area contributed by atoms with Crippen LogP contribution in [0.2, 0.25) is 0 Å². The summed E-state index contributed by atoms with van der Waals surface area (Å²) >= 11 is 0. The molecule has 28 heavy (non-hydrogen) atoms. The first-order valence-electron chi connectivity index (χ1n) is 9.13. The van der Waals surface area contributed by atoms with Gasteiger partial charge in [0.1, 0.15) is 35.3 Å². The second-order valence-corrected chi connectivity index (χ2v) is 5.64. The Labute approximate surface area is 164 Å². The molecular weight excluding hydrogens is 356 g/mol. The molecule has 3 aromatic rings. The van der Waals surface area contributed by atoms with Gasteiger partial charge in [-0.15, -0.1) is 0 Å². The second kappa shape index (κ2) is 10.0. The number of rotatable bonds is 6. The second-order valence-electron chi connectivity index (χ2n) is 5.64. The summed E-state index contributed by atoms with van der Waals surface area (Å²) in [7, 11) is 0. The molecule has 2 aromatic heterocycles. The number of amides is 1. The Bertz CT molecular complexity index is 963. The van der Waals surface area contributed by atoms with E-state index >= 15 is 0 Å². The molecule has 7 heteroatoms. The van der Waals surface area contributed by atoms with Gasteiger partial charge in [0.05, 0.1) is 12.1 Å². The van der Waals surface area contributed by atoms with Crippen LogP contribution in [-0.2, 0) is 6.54 Å². The molecule has 1 aromatic carbocycles. The van der Waals surface area contributed by atoms with E-state index in [1.54, 1.807) is 6.07 Å². The summed E-state index contributed by atoms with van der Waals surface area (Å²) in [5.41, 5.74) is 12.2. The van der Waals surface area contributed by atoms with E-state index in [9.17, 15) is 4.79 Å². The molecule has 0 bridgehead atoms. The number of nitrogens with one attached hydrogen (secondary N) is 1. The number of benzene rings is 1. The Balaban J connectivity index is 0.00000136. The van der Waals surface area contributed by atoms with Crippen molar-refractivity contribution in [3.63, 3.8) is 0 Å². The average molecular weight is 382 g/mol. The summed E-state index contributed by atoms with van der Waals surface area (Å²) in [6, 6.07) is 10.6. The molecule has 1 amide bonds. The van der Waals surface area contributed by atoms with Crippen molar-refractivity contribution >= 4 is 28.5 Å². The van der Waals surface area contributed by atoms with Crippen LogP contribution in [0.1, 0.15) is 36.9 Å². The van der Waals surface area contributed by atoms with Crippen LogP contribution in [-0.4, -0.2) is 17.5 Å². The van der Waals surface area contributed by atoms with Crippen LogP contribution in [0.3, 0.4) is 0 Å². The zero-order valence-electron chi connectivity index (χ0n) is 16.4. The molecule has 0 fully saturated rings. The van der Waals surface area contributed by atoms with Gasteiger partial charge in [0.25, 0.3) is 5.91 Å². The minimum absolute atomic E-state index is 0.0926. The van der Waals surface area contributed by atoms with Gasteiger partial charge in [-0.3, -0.25) is 4.79 Å². The van der Waals surface area contributed by atoms with Crippen LogP contribution in [0.25, 0.3) is 11.0 Å². The molecule has 0 unspecified atom stereocenters. The van der Waals surface area contributed by atoms with E-state index in [-0.39, 0.29) is 29.7 Å². The Kier molecular flexibility index (Phi) is 7.45. The SMILES string of the molecule is C/C=C/COc1ccc2cc(CNC(=O)c3ccc(N)nc3N)oc2c1.CC. The molecule has 5 N–H and O–H groups in total. The first-order chi connectivity index (χ1) is 13.6. The highest BCUT2D eigenvalue weighted by molar-refractivity contribution is 5.98. The van der Waals surface area contributed by atoms with Crippen molar-refractivity contribution in [1.82, 2.24) is 10.3 Å². The number of carbonyl (C=O) groups excluding carboxylic acids is 1. The third-order valence-electron chi connectivity index (χ3n) is 3.74. The molecule has 148 valence electrons. The number of nitrogen functional groups attached to an aromatic ring is 2. The number of hydrogen-bond donors (Lipinski definition) is 3. The van der Waals surface area contributed by atoms with Crippen LogP contribution in [0.4, 0.5) is 11.6 Å². The standard InChI is InChI=1S/C19H20N4O3.C2H6/c1-2-3-8-25-13-5-4-12-9-14(26-16(12)10-13)11-22-19(24)15-6-7-17(20)23-18(15)21;1-2/h2-7,9-10H,8,11H2,1H3,(H,22,24)(H4,20,21,23);1-2H3/b3-2+;. The number of furan rings is 1. The van der Waals surface area contributed by atoms with Gasteiger partial charge in [-0.25, -0.2) is 4.98 Å². The molecule has 0 spiro atoms. The van der Waals surface area contributed by atoms with Crippen molar-refractivity contribution in [1.29, 1.82) is 0 Å². The van der Waals surface area contributed by atoms with Gasteiger partial charge in [-0.2, -0.15) is 0 Å². The number of hydrogen-bond acceptors (Lipinski definition) is 6. The summed E-state index contributed by atoms with van der Waals surface area (Å²) in [6.45, 7) is 6.67. The number of aromatic nitrogens is 1. The molecule has 0 aliphatic heterocycles. The zero-order chi connectivity index (χ0) is 20.5. The maximum absolute atomic E-state index is 12.2. The molecule has 2 heterocycles. The molecule has 0 radical (unpaired) electrons. The third kappa shape index (κ3) is 5.26. The van der Waals surface area contributed by atoms with Gasteiger partial charge in [-0.1, -0.05) is 26.0 Å². The van der Waals surface area contributed by atoms with E-state index < -0.39 is 0 Å². The van der Waals surface area contributed by atoms with E-state index in [1.807, 2.05) is 57.2 Å². The summed E-state index contributed by atoms with van der Waals surface area (Å²) in [4.78, 5) is 16.1. The number of allylic oxidation sites excluding steroid dienone is 1. The van der Waals surface area contributed by atoms with Gasteiger partial charge >= 0.3 is 0 Å². The fraction of sp³-hybridized carbons (Fsp3) is 0.238. The van der Waals surface area contributed by atoms with Crippen LogP contribution in [0.5, 0.6) is 5.75 Å². The molecule has 0 saturated heterocycles. The van der Waals surface area contributed by atoms with Crippen molar-refractivity contribution in [3.8, 4) is 5.75 Å². The van der Waals surface area contributed by atoms with Crippen molar-refractivity contribution in [2.24, 2.45) is 0 Å². The van der Waals surface area contributed by atoms with Gasteiger partial charge in [-0.05, 0) is 37.3 Å². The molecule has 0 atom stereocenters. The lowest BCUT2D eigenvalue weighted by Gasteiger charge is -2.06. The fourth-order valence-electron chi connectivity index (χ4n) is 2.43. The van der Waals surface area contributed by atoms with E-state index in [0.29, 0.717) is 18.0 Å².